The number of halogens is 2. The van der Waals surface area contributed by atoms with Gasteiger partial charge in [-0.2, -0.15) is 0 Å². The van der Waals surface area contributed by atoms with Crippen LogP contribution >= 0.6 is 0 Å². The van der Waals surface area contributed by atoms with Crippen LogP contribution in [-0.2, 0) is 47.0 Å². The van der Waals surface area contributed by atoms with Crippen molar-refractivity contribution in [2.75, 3.05) is 13.2 Å². The lowest BCUT2D eigenvalue weighted by Gasteiger charge is -2.30. The molecule has 3 aliphatic heterocycles. The van der Waals surface area contributed by atoms with Gasteiger partial charge in [0.1, 0.15) is 23.7 Å². The van der Waals surface area contributed by atoms with Gasteiger partial charge in [-0.25, -0.2) is 26.8 Å². The van der Waals surface area contributed by atoms with Gasteiger partial charge in [0.2, 0.25) is 28.3 Å². The van der Waals surface area contributed by atoms with Crippen LogP contribution in [0.1, 0.15) is 69.1 Å². The summed E-state index contributed by atoms with van der Waals surface area (Å²) in [6.07, 6.45) is -0.792. The molecule has 0 spiro atoms. The van der Waals surface area contributed by atoms with Gasteiger partial charge < -0.3 is 25.0 Å². The molecule has 1 aromatic rings. The number of alkyl halides is 2. The van der Waals surface area contributed by atoms with Crippen molar-refractivity contribution in [3.63, 3.8) is 0 Å². The van der Waals surface area contributed by atoms with Crippen LogP contribution in [0.3, 0.4) is 0 Å². The number of benzene rings is 1. The summed E-state index contributed by atoms with van der Waals surface area (Å²) >= 11 is 0. The maximum atomic E-state index is 14.0. The van der Waals surface area contributed by atoms with Gasteiger partial charge in [-0.05, 0) is 42.4 Å². The number of carbonyl (C=O) groups excluding carboxylic acids is 5. The Morgan fingerprint density at radius 1 is 1.17 bits per heavy atom. The second kappa shape index (κ2) is 14.1. The smallest absolute Gasteiger partial charge is 0.410 e. The number of allylic oxidation sites excluding steroid dienone is 1. The number of cyclic esters (lactones) is 1. The molecule has 6 rings (SSSR count). The van der Waals surface area contributed by atoms with Crippen molar-refractivity contribution >= 4 is 46.0 Å². The van der Waals surface area contributed by atoms with Crippen LogP contribution in [0.5, 0.6) is 0 Å². The lowest BCUT2D eigenvalue weighted by atomic mass is 9.90. The Morgan fingerprint density at radius 3 is 2.60 bits per heavy atom. The molecule has 4 bridgehead atoms. The number of nitrogens with one attached hydrogen (secondary N) is 3. The number of nitrogens with zero attached hydrogens (tertiary/aromatic N) is 2. The zero-order chi connectivity index (χ0) is 37.6. The van der Waals surface area contributed by atoms with Crippen molar-refractivity contribution in [3.05, 3.63) is 53.6 Å². The van der Waals surface area contributed by atoms with Crippen LogP contribution in [0.2, 0.25) is 0 Å². The van der Waals surface area contributed by atoms with E-state index in [0.717, 1.165) is 21.6 Å². The first-order chi connectivity index (χ1) is 24.5. The molecule has 0 unspecified atom stereocenters. The molecular weight excluding hydrogens is 704 g/mol. The molecule has 1 aromatic carbocycles. The molecule has 282 valence electrons. The summed E-state index contributed by atoms with van der Waals surface area (Å²) in [7, 11) is -3.98. The summed E-state index contributed by atoms with van der Waals surface area (Å²) < 4.78 is 66.1. The third-order valence-electron chi connectivity index (χ3n) is 10.2. The fraction of sp³-hybridized carbons (Fsp3) is 0.571. The van der Waals surface area contributed by atoms with Gasteiger partial charge >= 0.3 is 12.2 Å². The first-order valence-corrected chi connectivity index (χ1v) is 18.8. The molecule has 5 aliphatic rings. The van der Waals surface area contributed by atoms with Crippen molar-refractivity contribution in [3.8, 4) is 0 Å². The second-order valence-corrected chi connectivity index (χ2v) is 16.9. The van der Waals surface area contributed by atoms with E-state index in [0.29, 0.717) is 19.3 Å². The minimum absolute atomic E-state index is 0.0256. The van der Waals surface area contributed by atoms with E-state index < -0.39 is 93.1 Å². The number of rotatable bonds is 8. The number of ether oxygens (including phenoxy) is 2. The Morgan fingerprint density at radius 2 is 1.92 bits per heavy atom. The average molecular weight is 748 g/mol. The maximum absolute atomic E-state index is 14.0. The molecular formula is C35H43F2N5O9S. The highest BCUT2D eigenvalue weighted by atomic mass is 32.2. The molecule has 5 amide bonds. The molecule has 3 N–H and O–H groups in total. The second-order valence-electron chi connectivity index (χ2n) is 14.9. The quantitative estimate of drug-likeness (QED) is 0.337. The van der Waals surface area contributed by atoms with Gasteiger partial charge in [-0.1, -0.05) is 50.3 Å². The largest absolute Gasteiger partial charge is 0.449 e. The Labute approximate surface area is 300 Å². The normalized spacial score (nSPS) is 29.5. The van der Waals surface area contributed by atoms with Gasteiger partial charge in [0, 0.05) is 30.7 Å². The topological polar surface area (TPSA) is 181 Å². The first-order valence-electron chi connectivity index (χ1n) is 17.3. The number of alkyl carbamates (subject to hydrolysis) is 1. The molecule has 3 heterocycles. The highest BCUT2D eigenvalue weighted by Gasteiger charge is 2.62. The number of hydrogen-bond donors (Lipinski definition) is 3. The molecule has 5 atom stereocenters. The zero-order valence-corrected chi connectivity index (χ0v) is 29.8. The Bertz CT molecular complexity index is 1800. The van der Waals surface area contributed by atoms with E-state index in [1.807, 2.05) is 44.2 Å². The van der Waals surface area contributed by atoms with Crippen molar-refractivity contribution in [1.29, 1.82) is 0 Å². The third-order valence-corrected chi connectivity index (χ3v) is 12.0. The highest BCUT2D eigenvalue weighted by molar-refractivity contribution is 7.91. The lowest BCUT2D eigenvalue weighted by molar-refractivity contribution is -0.141. The Balaban J connectivity index is 1.28. The van der Waals surface area contributed by atoms with Gasteiger partial charge in [0.15, 0.2) is 0 Å². The van der Waals surface area contributed by atoms with E-state index in [1.165, 1.54) is 11.0 Å². The monoisotopic (exact) mass is 747 g/mol. The van der Waals surface area contributed by atoms with Crippen molar-refractivity contribution < 1.29 is 50.6 Å². The zero-order valence-electron chi connectivity index (χ0n) is 28.9. The standard InChI is InChI=1S/C35H43F2N5O9S/c1-4-22-15-35(22,31(45)40-52(48,49)24-10-11-24)39-29(43)27-13-23-17-42(27)30(44)26(14-28(36)37)38-32(46)50-19-34(2,3)12-6-9-20-7-5-8-21-16-41(18-25(20)21)33(47)51-23/h4-9,22-24,26-28H,1,10-19H2,2-3H3,(H,38,46)(H,39,43)(H,40,45)/b9-6+/t22-,23+,26-,27-,35+/m0/s1. The fourth-order valence-electron chi connectivity index (χ4n) is 6.95. The van der Waals surface area contributed by atoms with E-state index >= 15 is 0 Å². The van der Waals surface area contributed by atoms with Crippen LogP contribution in [0.4, 0.5) is 18.4 Å². The third kappa shape index (κ3) is 7.93. The van der Waals surface area contributed by atoms with Crippen molar-refractivity contribution in [1.82, 2.24) is 25.2 Å². The van der Waals surface area contributed by atoms with Crippen LogP contribution in [0, 0.1) is 11.3 Å². The number of fused-ring (bicyclic) bond motifs is 3. The molecule has 3 fully saturated rings. The molecule has 2 aliphatic carbocycles. The highest BCUT2D eigenvalue weighted by Crippen LogP contribution is 2.45. The summed E-state index contributed by atoms with van der Waals surface area (Å²) in [5, 5.41) is 4.11. The van der Waals surface area contributed by atoms with E-state index in [4.69, 9.17) is 9.47 Å². The fourth-order valence-corrected chi connectivity index (χ4v) is 8.32. The Kier molecular flexibility index (Phi) is 10.1. The number of amides is 5. The number of sulfonamides is 1. The van der Waals surface area contributed by atoms with Crippen LogP contribution in [0.25, 0.3) is 6.08 Å². The summed E-state index contributed by atoms with van der Waals surface area (Å²) in [4.78, 5) is 70.2. The summed E-state index contributed by atoms with van der Waals surface area (Å²) in [5.74, 6) is -3.56. The molecule has 0 aromatic heterocycles. The molecule has 17 heteroatoms. The van der Waals surface area contributed by atoms with Gasteiger partial charge in [0.05, 0.1) is 24.9 Å². The predicted molar refractivity (Wildman–Crippen MR) is 182 cm³/mol. The summed E-state index contributed by atoms with van der Waals surface area (Å²) in [5.41, 5.74) is 0.456. The van der Waals surface area contributed by atoms with Crippen LogP contribution in [-0.4, -0.2) is 96.7 Å². The van der Waals surface area contributed by atoms with Crippen molar-refractivity contribution in [2.24, 2.45) is 11.3 Å². The van der Waals surface area contributed by atoms with Gasteiger partial charge in [0.25, 0.3) is 5.91 Å². The van der Waals surface area contributed by atoms with E-state index in [-0.39, 0.29) is 39.1 Å². The number of hydrogen-bond acceptors (Lipinski definition) is 9. The van der Waals surface area contributed by atoms with Crippen LogP contribution in [0.15, 0.2) is 36.9 Å². The van der Waals surface area contributed by atoms with Crippen LogP contribution < -0.4 is 15.4 Å². The van der Waals surface area contributed by atoms with E-state index in [1.54, 1.807) is 0 Å². The lowest BCUT2D eigenvalue weighted by Crippen LogP contribution is -2.58. The summed E-state index contributed by atoms with van der Waals surface area (Å²) in [6.45, 7) is 7.37. The van der Waals surface area contributed by atoms with E-state index in [9.17, 15) is 41.2 Å². The number of carbonyl (C=O) groups is 5. The first kappa shape index (κ1) is 37.2. The maximum Gasteiger partial charge on any atom is 0.410 e. The molecule has 1 saturated heterocycles. The SMILES string of the molecule is C=C[C@H]1C[C@]1(NC(=O)[C@@H]1C[C@@H]2CN1C(=O)[C@H](CC(F)F)NC(=O)OCC(C)(C)C/C=C/c1cccc3c1CN(C3)C(=O)O2)C(=O)NS(=O)(=O)C1CC1. The molecule has 2 saturated carbocycles. The van der Waals surface area contributed by atoms with Gasteiger partial charge in [-0.15, -0.1) is 6.58 Å². The Hall–Kier alpha value is -4.54. The van der Waals surface area contributed by atoms with E-state index in [2.05, 4.69) is 21.9 Å². The summed E-state index contributed by atoms with van der Waals surface area (Å²) in [6, 6.07) is 2.42. The average Bonchev–Trinajstić information content (AvgIpc) is 3.97. The minimum atomic E-state index is -3.98. The molecule has 14 nitrogen and oxygen atoms in total. The molecule has 0 radical (unpaired) electrons. The predicted octanol–water partition coefficient (Wildman–Crippen LogP) is 2.97. The molecule has 52 heavy (non-hydrogen) atoms. The van der Waals surface area contributed by atoms with Gasteiger partial charge in [-0.3, -0.25) is 24.0 Å². The minimum Gasteiger partial charge on any atom is -0.449 e. The van der Waals surface area contributed by atoms with Crippen molar-refractivity contribution in [2.45, 2.75) is 101 Å².